The van der Waals surface area contributed by atoms with Gasteiger partial charge in [-0.25, -0.2) is 0 Å². The van der Waals surface area contributed by atoms with Gasteiger partial charge >= 0.3 is 4.87 Å². The largest absolute Gasteiger partial charge is 0.493 e. The molecule has 2 aliphatic carbocycles. The normalized spacial score (nSPS) is 29.2. The Morgan fingerprint density at radius 1 is 1.00 bits per heavy atom. The number of thiazole rings is 1. The van der Waals surface area contributed by atoms with Crippen LogP contribution in [0.4, 0.5) is 5.69 Å². The van der Waals surface area contributed by atoms with E-state index in [0.29, 0.717) is 17.2 Å². The summed E-state index contributed by atoms with van der Waals surface area (Å²) in [5.74, 6) is -0.0933. The maximum atomic E-state index is 13.8. The number of aromatic amines is 1. The van der Waals surface area contributed by atoms with E-state index in [1.807, 2.05) is 36.4 Å². The number of H-pyrrole nitrogens is 1. The number of nitrogens with zero attached hydrogens (tertiary/aromatic N) is 1. The summed E-state index contributed by atoms with van der Waals surface area (Å²) in [4.78, 5) is 57.8. The summed E-state index contributed by atoms with van der Waals surface area (Å²) in [6.07, 6.45) is 0.857. The summed E-state index contributed by atoms with van der Waals surface area (Å²) in [5, 5.41) is 3.78. The smallest absolute Gasteiger partial charge is 0.305 e. The lowest BCUT2D eigenvalue weighted by Gasteiger charge is -2.43. The Bertz CT molecular complexity index is 1600. The van der Waals surface area contributed by atoms with Gasteiger partial charge in [-0.1, -0.05) is 35.6 Å². The van der Waals surface area contributed by atoms with E-state index in [1.54, 1.807) is 38.1 Å². The molecular formula is C30H29N3O6S2. The summed E-state index contributed by atoms with van der Waals surface area (Å²) >= 11 is 2.87. The molecule has 3 fully saturated rings. The molecule has 7 unspecified atom stereocenters. The van der Waals surface area contributed by atoms with E-state index in [4.69, 9.17) is 9.47 Å². The molecule has 4 aliphatic rings. The Morgan fingerprint density at radius 3 is 2.46 bits per heavy atom. The number of amides is 3. The lowest BCUT2D eigenvalue weighted by molar-refractivity contribution is -0.141. The second-order valence-electron chi connectivity index (χ2n) is 11.1. The highest BCUT2D eigenvalue weighted by Gasteiger charge is 2.69. The number of carbonyl (C=O) groups is 3. The number of para-hydroxylation sites is 1. The standard InChI is InChI=1S/C30H29N3O6S2/c1-38-18-9-8-14(12-19(18)39-2)21-22-16-13-17(25(22)40-27-26(21)41-30(37)32-27)24-23(16)28(35)33(29(24)36)11-10-20(34)31-15-6-4-3-5-7-15/h3-9,12,16-17,21-25H,10-11,13H2,1-2H3,(H,31,34)(H,32,37). The molecule has 0 spiro atoms. The minimum Gasteiger partial charge on any atom is -0.493 e. The van der Waals surface area contributed by atoms with E-state index in [-0.39, 0.29) is 70.4 Å². The number of carbonyl (C=O) groups excluding carboxylic acids is 3. The van der Waals surface area contributed by atoms with Gasteiger partial charge in [-0.05, 0) is 54.0 Å². The van der Waals surface area contributed by atoms with Crippen LogP contribution in [0.5, 0.6) is 11.5 Å². The molecule has 2 bridgehead atoms. The number of hydrogen-bond acceptors (Lipinski definition) is 8. The predicted octanol–water partition coefficient (Wildman–Crippen LogP) is 3.96. The van der Waals surface area contributed by atoms with E-state index in [0.717, 1.165) is 21.9 Å². The van der Waals surface area contributed by atoms with Gasteiger partial charge < -0.3 is 19.8 Å². The quantitative estimate of drug-likeness (QED) is 0.400. The van der Waals surface area contributed by atoms with Crippen molar-refractivity contribution in [2.45, 2.75) is 29.0 Å². The maximum Gasteiger partial charge on any atom is 0.305 e. The van der Waals surface area contributed by atoms with Crippen molar-refractivity contribution in [2.24, 2.45) is 29.6 Å². The summed E-state index contributed by atoms with van der Waals surface area (Å²) in [7, 11) is 3.19. The first-order valence-electron chi connectivity index (χ1n) is 13.7. The van der Waals surface area contributed by atoms with Crippen LogP contribution >= 0.6 is 23.1 Å². The highest BCUT2D eigenvalue weighted by atomic mass is 32.2. The second-order valence-corrected chi connectivity index (χ2v) is 13.3. The van der Waals surface area contributed by atoms with Crippen LogP contribution in [0.2, 0.25) is 0 Å². The number of aromatic nitrogens is 1. The van der Waals surface area contributed by atoms with Gasteiger partial charge in [0.15, 0.2) is 11.5 Å². The lowest BCUT2D eigenvalue weighted by atomic mass is 9.68. The Labute approximate surface area is 244 Å². The lowest BCUT2D eigenvalue weighted by Crippen LogP contribution is -2.42. The van der Waals surface area contributed by atoms with Gasteiger partial charge in [-0.2, -0.15) is 0 Å². The zero-order chi connectivity index (χ0) is 28.4. The van der Waals surface area contributed by atoms with Gasteiger partial charge in [0.05, 0.1) is 31.1 Å². The molecule has 212 valence electrons. The van der Waals surface area contributed by atoms with Crippen LogP contribution in [-0.2, 0) is 14.4 Å². The van der Waals surface area contributed by atoms with Crippen LogP contribution in [0, 0.1) is 29.6 Å². The highest BCUT2D eigenvalue weighted by Crippen LogP contribution is 2.68. The first-order chi connectivity index (χ1) is 19.9. The Balaban J connectivity index is 1.17. The van der Waals surface area contributed by atoms with Crippen molar-refractivity contribution in [2.75, 3.05) is 26.1 Å². The third-order valence-corrected chi connectivity index (χ3v) is 11.8. The van der Waals surface area contributed by atoms with Crippen molar-refractivity contribution in [3.63, 3.8) is 0 Å². The van der Waals surface area contributed by atoms with Crippen LogP contribution in [0.1, 0.15) is 29.2 Å². The summed E-state index contributed by atoms with van der Waals surface area (Å²) in [6, 6.07) is 15.0. The summed E-state index contributed by atoms with van der Waals surface area (Å²) < 4.78 is 11.1. The Morgan fingerprint density at radius 2 is 1.73 bits per heavy atom. The van der Waals surface area contributed by atoms with E-state index >= 15 is 0 Å². The van der Waals surface area contributed by atoms with Crippen LogP contribution < -0.4 is 19.7 Å². The molecule has 2 N–H and O–H groups in total. The maximum absolute atomic E-state index is 13.8. The molecule has 41 heavy (non-hydrogen) atoms. The van der Waals surface area contributed by atoms with E-state index in [1.165, 1.54) is 16.2 Å². The molecule has 1 saturated heterocycles. The predicted molar refractivity (Wildman–Crippen MR) is 154 cm³/mol. The van der Waals surface area contributed by atoms with Crippen LogP contribution in [0.25, 0.3) is 0 Å². The number of imide groups is 1. The Hall–Kier alpha value is -3.57. The van der Waals surface area contributed by atoms with Crippen molar-refractivity contribution < 1.29 is 23.9 Å². The van der Waals surface area contributed by atoms with Gasteiger partial charge in [-0.3, -0.25) is 24.1 Å². The average molecular weight is 592 g/mol. The Kier molecular flexibility index (Phi) is 6.46. The fraction of sp³-hybridized carbons (Fsp3) is 0.400. The first kappa shape index (κ1) is 26.3. The zero-order valence-electron chi connectivity index (χ0n) is 22.5. The molecule has 3 heterocycles. The van der Waals surface area contributed by atoms with E-state index in [2.05, 4.69) is 10.3 Å². The number of anilines is 1. The van der Waals surface area contributed by atoms with Gasteiger partial charge in [0.1, 0.15) is 0 Å². The third kappa shape index (κ3) is 4.12. The molecule has 2 aliphatic heterocycles. The molecule has 2 saturated carbocycles. The summed E-state index contributed by atoms with van der Waals surface area (Å²) in [6.45, 7) is 0.0744. The van der Waals surface area contributed by atoms with Crippen LogP contribution in [0.15, 0.2) is 58.4 Å². The number of hydrogen-bond donors (Lipinski definition) is 2. The monoisotopic (exact) mass is 591 g/mol. The molecule has 3 amide bonds. The van der Waals surface area contributed by atoms with Crippen molar-refractivity contribution in [1.29, 1.82) is 0 Å². The SMILES string of the molecule is COc1ccc(C2c3sc(=O)[nH]c3SC3C4CC(C5C(=O)N(CCC(=O)Nc6ccccc6)C(=O)C45)C23)cc1OC. The molecule has 7 atom stereocenters. The number of methoxy groups -OCH3 is 2. The molecule has 11 heteroatoms. The van der Waals surface area contributed by atoms with Crippen molar-refractivity contribution in [3.8, 4) is 11.5 Å². The second kappa shape index (κ2) is 10.1. The van der Waals surface area contributed by atoms with Crippen molar-refractivity contribution in [1.82, 2.24) is 9.88 Å². The number of thioether (sulfide) groups is 1. The molecule has 9 nitrogen and oxygen atoms in total. The highest BCUT2D eigenvalue weighted by molar-refractivity contribution is 8.00. The average Bonchev–Trinajstić information content (AvgIpc) is 3.71. The fourth-order valence-corrected chi connectivity index (χ4v) is 10.6. The van der Waals surface area contributed by atoms with Gasteiger partial charge in [0.2, 0.25) is 17.7 Å². The first-order valence-corrected chi connectivity index (χ1v) is 15.4. The third-order valence-electron chi connectivity index (χ3n) is 9.20. The summed E-state index contributed by atoms with van der Waals surface area (Å²) in [5.41, 5.74) is 1.68. The number of benzene rings is 2. The van der Waals surface area contributed by atoms with Gasteiger partial charge in [0.25, 0.3) is 0 Å². The van der Waals surface area contributed by atoms with Crippen molar-refractivity contribution in [3.05, 3.63) is 68.6 Å². The topological polar surface area (TPSA) is 118 Å². The van der Waals surface area contributed by atoms with Gasteiger partial charge in [0, 0.05) is 34.7 Å². The van der Waals surface area contributed by atoms with E-state index < -0.39 is 5.92 Å². The molecule has 2 aromatic carbocycles. The molecular weight excluding hydrogens is 562 g/mol. The van der Waals surface area contributed by atoms with Crippen molar-refractivity contribution >= 4 is 46.5 Å². The number of nitrogens with one attached hydrogen (secondary N) is 2. The minimum atomic E-state index is -0.397. The molecule has 7 rings (SSSR count). The van der Waals surface area contributed by atoms with E-state index in [9.17, 15) is 19.2 Å². The fourth-order valence-electron chi connectivity index (χ4n) is 7.68. The number of fused-ring (bicyclic) bond motifs is 9. The molecule has 3 aromatic rings. The van der Waals surface area contributed by atoms with Gasteiger partial charge in [-0.15, -0.1) is 11.8 Å². The van der Waals surface area contributed by atoms with Crippen LogP contribution in [-0.4, -0.2) is 53.6 Å². The molecule has 1 aromatic heterocycles. The molecule has 0 radical (unpaired) electrons. The zero-order valence-corrected chi connectivity index (χ0v) is 24.1. The minimum absolute atomic E-state index is 0.00513. The number of rotatable bonds is 7. The number of likely N-dealkylation sites (tertiary alicyclic amines) is 1. The van der Waals surface area contributed by atoms with Crippen LogP contribution in [0.3, 0.4) is 0 Å². The number of ether oxygens (including phenoxy) is 2.